The SMILES string of the molecule is COC1(OC)CCOC1. The molecule has 9 heavy (non-hydrogen) atoms. The molecule has 0 N–H and O–H groups in total. The highest BCUT2D eigenvalue weighted by Gasteiger charge is 2.34. The third-order valence-electron chi connectivity index (χ3n) is 1.69. The maximum absolute atomic E-state index is 5.10. The van der Waals surface area contributed by atoms with Crippen LogP contribution in [0.5, 0.6) is 0 Å². The summed E-state index contributed by atoms with van der Waals surface area (Å²) in [6.07, 6.45) is 0.833. The molecule has 0 amide bonds. The molecule has 0 aromatic heterocycles. The summed E-state index contributed by atoms with van der Waals surface area (Å²) in [5.41, 5.74) is 0. The highest BCUT2D eigenvalue weighted by Crippen LogP contribution is 2.22. The Labute approximate surface area is 54.9 Å². The Kier molecular flexibility index (Phi) is 2.05. The van der Waals surface area contributed by atoms with Crippen molar-refractivity contribution in [1.29, 1.82) is 0 Å². The third-order valence-corrected chi connectivity index (χ3v) is 1.69. The van der Waals surface area contributed by atoms with Crippen molar-refractivity contribution in [2.75, 3.05) is 27.4 Å². The van der Waals surface area contributed by atoms with Gasteiger partial charge in [-0.3, -0.25) is 0 Å². The van der Waals surface area contributed by atoms with Gasteiger partial charge in [0, 0.05) is 20.6 Å². The molecule has 0 radical (unpaired) electrons. The fourth-order valence-corrected chi connectivity index (χ4v) is 0.933. The molecule has 0 aromatic carbocycles. The van der Waals surface area contributed by atoms with E-state index < -0.39 is 5.79 Å². The van der Waals surface area contributed by atoms with Gasteiger partial charge in [-0.15, -0.1) is 0 Å². The average Bonchev–Trinajstić information content (AvgIpc) is 2.36. The quantitative estimate of drug-likeness (QED) is 0.509. The summed E-state index contributed by atoms with van der Waals surface area (Å²) in [5, 5.41) is 0. The van der Waals surface area contributed by atoms with Gasteiger partial charge in [-0.2, -0.15) is 0 Å². The third kappa shape index (κ3) is 1.23. The van der Waals surface area contributed by atoms with Gasteiger partial charge in [-0.25, -0.2) is 0 Å². The van der Waals surface area contributed by atoms with Crippen LogP contribution in [0.15, 0.2) is 0 Å². The second-order valence-electron chi connectivity index (χ2n) is 2.12. The summed E-state index contributed by atoms with van der Waals surface area (Å²) in [6, 6.07) is 0. The first-order valence-corrected chi connectivity index (χ1v) is 3.01. The second-order valence-corrected chi connectivity index (χ2v) is 2.12. The van der Waals surface area contributed by atoms with E-state index in [-0.39, 0.29) is 0 Å². The topological polar surface area (TPSA) is 27.7 Å². The van der Waals surface area contributed by atoms with Gasteiger partial charge in [-0.1, -0.05) is 0 Å². The summed E-state index contributed by atoms with van der Waals surface area (Å²) in [7, 11) is 3.27. The maximum atomic E-state index is 5.10. The Morgan fingerprint density at radius 1 is 1.33 bits per heavy atom. The van der Waals surface area contributed by atoms with Crippen LogP contribution in [0.1, 0.15) is 6.42 Å². The summed E-state index contributed by atoms with van der Waals surface area (Å²) in [6.45, 7) is 1.29. The molecule has 0 spiro atoms. The molecule has 0 bridgehead atoms. The maximum Gasteiger partial charge on any atom is 0.193 e. The molecule has 1 aliphatic heterocycles. The Morgan fingerprint density at radius 3 is 2.22 bits per heavy atom. The van der Waals surface area contributed by atoms with E-state index in [1.165, 1.54) is 0 Å². The van der Waals surface area contributed by atoms with Gasteiger partial charge in [0.15, 0.2) is 5.79 Å². The zero-order valence-electron chi connectivity index (χ0n) is 5.85. The lowest BCUT2D eigenvalue weighted by Crippen LogP contribution is -2.33. The number of hydrogen-bond donors (Lipinski definition) is 0. The van der Waals surface area contributed by atoms with E-state index in [1.807, 2.05) is 0 Å². The molecule has 1 heterocycles. The van der Waals surface area contributed by atoms with E-state index in [2.05, 4.69) is 0 Å². The van der Waals surface area contributed by atoms with Crippen molar-refractivity contribution in [1.82, 2.24) is 0 Å². The van der Waals surface area contributed by atoms with Crippen molar-refractivity contribution in [3.8, 4) is 0 Å². The van der Waals surface area contributed by atoms with E-state index in [4.69, 9.17) is 14.2 Å². The van der Waals surface area contributed by atoms with Gasteiger partial charge in [0.25, 0.3) is 0 Å². The van der Waals surface area contributed by atoms with Crippen LogP contribution in [0.25, 0.3) is 0 Å². The summed E-state index contributed by atoms with van der Waals surface area (Å²) in [5.74, 6) is -0.444. The molecule has 1 aliphatic rings. The first-order valence-electron chi connectivity index (χ1n) is 3.01. The lowest BCUT2D eigenvalue weighted by molar-refractivity contribution is -0.202. The molecule has 1 saturated heterocycles. The van der Waals surface area contributed by atoms with Gasteiger partial charge in [-0.05, 0) is 0 Å². The molecule has 1 fully saturated rings. The number of hydrogen-bond acceptors (Lipinski definition) is 3. The minimum absolute atomic E-state index is 0.444. The Balaban J connectivity index is 2.45. The van der Waals surface area contributed by atoms with Crippen LogP contribution in [0.2, 0.25) is 0 Å². The fraction of sp³-hybridized carbons (Fsp3) is 1.00. The van der Waals surface area contributed by atoms with E-state index in [9.17, 15) is 0 Å². The molecule has 3 heteroatoms. The lowest BCUT2D eigenvalue weighted by atomic mass is 10.2. The minimum Gasteiger partial charge on any atom is -0.376 e. The molecule has 0 saturated carbocycles. The highest BCUT2D eigenvalue weighted by atomic mass is 16.7. The van der Waals surface area contributed by atoms with E-state index in [0.717, 1.165) is 13.0 Å². The van der Waals surface area contributed by atoms with Crippen LogP contribution < -0.4 is 0 Å². The molecule has 54 valence electrons. The van der Waals surface area contributed by atoms with E-state index in [1.54, 1.807) is 14.2 Å². The average molecular weight is 132 g/mol. The van der Waals surface area contributed by atoms with Crippen LogP contribution in [-0.2, 0) is 14.2 Å². The minimum atomic E-state index is -0.444. The number of methoxy groups -OCH3 is 2. The summed E-state index contributed by atoms with van der Waals surface area (Å²) >= 11 is 0. The van der Waals surface area contributed by atoms with Crippen molar-refractivity contribution < 1.29 is 14.2 Å². The molecule has 0 unspecified atom stereocenters. The van der Waals surface area contributed by atoms with Crippen molar-refractivity contribution in [2.24, 2.45) is 0 Å². The van der Waals surface area contributed by atoms with Gasteiger partial charge in [0.05, 0.1) is 6.61 Å². The molecule has 1 rings (SSSR count). The number of ether oxygens (including phenoxy) is 3. The van der Waals surface area contributed by atoms with Crippen LogP contribution in [0.4, 0.5) is 0 Å². The van der Waals surface area contributed by atoms with Crippen molar-refractivity contribution in [2.45, 2.75) is 12.2 Å². The Hall–Kier alpha value is -0.120. The van der Waals surface area contributed by atoms with Gasteiger partial charge in [0.1, 0.15) is 6.61 Å². The predicted molar refractivity (Wildman–Crippen MR) is 32.2 cm³/mol. The van der Waals surface area contributed by atoms with Crippen LogP contribution in [0, 0.1) is 0 Å². The first-order chi connectivity index (χ1) is 4.33. The van der Waals surface area contributed by atoms with Gasteiger partial charge in [0.2, 0.25) is 0 Å². The second kappa shape index (κ2) is 2.64. The van der Waals surface area contributed by atoms with Crippen LogP contribution in [0.3, 0.4) is 0 Å². The zero-order chi connectivity index (χ0) is 6.74. The Bertz CT molecular complexity index is 80.3. The van der Waals surface area contributed by atoms with Crippen molar-refractivity contribution in [3.63, 3.8) is 0 Å². The van der Waals surface area contributed by atoms with Gasteiger partial charge < -0.3 is 14.2 Å². The molecule has 3 nitrogen and oxygen atoms in total. The standard InChI is InChI=1S/C6H12O3/c1-7-6(8-2)3-4-9-5-6/h3-5H2,1-2H3. The summed E-state index contributed by atoms with van der Waals surface area (Å²) in [4.78, 5) is 0. The normalized spacial score (nSPS) is 24.7. The number of rotatable bonds is 2. The molecular weight excluding hydrogens is 120 g/mol. The summed E-state index contributed by atoms with van der Waals surface area (Å²) < 4.78 is 15.3. The molecule has 0 aliphatic carbocycles. The molecule has 0 aromatic rings. The molecule has 0 atom stereocenters. The monoisotopic (exact) mass is 132 g/mol. The lowest BCUT2D eigenvalue weighted by Gasteiger charge is -2.22. The van der Waals surface area contributed by atoms with Crippen molar-refractivity contribution in [3.05, 3.63) is 0 Å². The van der Waals surface area contributed by atoms with Crippen LogP contribution in [-0.4, -0.2) is 33.2 Å². The predicted octanol–water partition coefficient (Wildman–Crippen LogP) is 0.396. The van der Waals surface area contributed by atoms with E-state index >= 15 is 0 Å². The first kappa shape index (κ1) is 6.99. The van der Waals surface area contributed by atoms with E-state index in [0.29, 0.717) is 6.61 Å². The van der Waals surface area contributed by atoms with Crippen molar-refractivity contribution >= 4 is 0 Å². The smallest absolute Gasteiger partial charge is 0.193 e. The van der Waals surface area contributed by atoms with Gasteiger partial charge >= 0.3 is 0 Å². The largest absolute Gasteiger partial charge is 0.376 e. The fourth-order valence-electron chi connectivity index (χ4n) is 0.933. The van der Waals surface area contributed by atoms with Crippen LogP contribution >= 0.6 is 0 Å². The highest BCUT2D eigenvalue weighted by molar-refractivity contribution is 4.73. The molecular formula is C6H12O3. The Morgan fingerprint density at radius 2 is 2.00 bits per heavy atom. The zero-order valence-corrected chi connectivity index (χ0v) is 5.85.